The highest BCUT2D eigenvalue weighted by atomic mass is 16.6. The molecule has 0 bridgehead atoms. The Morgan fingerprint density at radius 2 is 1.32 bits per heavy atom. The number of aromatic amines is 1. The monoisotopic (exact) mass is 496 g/mol. The SMILES string of the molecule is CC(C)(C)OC(=O)NCCCCc1cn[nH]c1NC(c1ccccc1)(c1ccccc1)c1ccccc1. The Bertz CT molecular complexity index is 1150. The van der Waals surface area contributed by atoms with Crippen LogP contribution in [0.1, 0.15) is 55.9 Å². The molecule has 1 aromatic heterocycles. The van der Waals surface area contributed by atoms with Gasteiger partial charge in [0, 0.05) is 12.1 Å². The predicted octanol–water partition coefficient (Wildman–Crippen LogP) is 6.66. The molecule has 0 unspecified atom stereocenters. The molecular formula is C31H36N4O2. The third kappa shape index (κ3) is 6.58. The second-order valence-corrected chi connectivity index (χ2v) is 10.1. The van der Waals surface area contributed by atoms with Crippen molar-refractivity contribution in [2.24, 2.45) is 0 Å². The third-order valence-corrected chi connectivity index (χ3v) is 6.19. The van der Waals surface area contributed by atoms with Crippen molar-refractivity contribution in [3.8, 4) is 0 Å². The number of unbranched alkanes of at least 4 members (excludes halogenated alkanes) is 1. The second-order valence-electron chi connectivity index (χ2n) is 10.1. The van der Waals surface area contributed by atoms with Crippen LogP contribution in [0.4, 0.5) is 10.6 Å². The number of rotatable bonds is 10. The molecule has 0 aliphatic carbocycles. The molecule has 4 aromatic rings. The maximum atomic E-state index is 11.9. The Morgan fingerprint density at radius 1 is 0.811 bits per heavy atom. The van der Waals surface area contributed by atoms with Gasteiger partial charge in [0.25, 0.3) is 0 Å². The van der Waals surface area contributed by atoms with Crippen molar-refractivity contribution in [3.63, 3.8) is 0 Å². The molecular weight excluding hydrogens is 460 g/mol. The van der Waals surface area contributed by atoms with Gasteiger partial charge in [0.1, 0.15) is 17.0 Å². The molecule has 0 aliphatic rings. The number of anilines is 1. The average molecular weight is 497 g/mol. The summed E-state index contributed by atoms with van der Waals surface area (Å²) in [5.74, 6) is 0.886. The van der Waals surface area contributed by atoms with E-state index in [-0.39, 0.29) is 6.09 Å². The highest BCUT2D eigenvalue weighted by Crippen LogP contribution is 2.40. The van der Waals surface area contributed by atoms with Gasteiger partial charge in [-0.2, -0.15) is 5.10 Å². The summed E-state index contributed by atoms with van der Waals surface area (Å²) in [6.45, 7) is 6.15. The first-order valence-electron chi connectivity index (χ1n) is 12.8. The molecule has 37 heavy (non-hydrogen) atoms. The molecule has 3 aromatic carbocycles. The first-order chi connectivity index (χ1) is 17.9. The molecule has 0 saturated heterocycles. The molecule has 0 saturated carbocycles. The van der Waals surface area contributed by atoms with Crippen LogP contribution in [0.2, 0.25) is 0 Å². The van der Waals surface area contributed by atoms with E-state index in [1.54, 1.807) is 0 Å². The highest BCUT2D eigenvalue weighted by molar-refractivity contribution is 5.67. The van der Waals surface area contributed by atoms with Crippen molar-refractivity contribution in [2.45, 2.75) is 51.2 Å². The van der Waals surface area contributed by atoms with E-state index in [1.807, 2.05) is 45.2 Å². The lowest BCUT2D eigenvalue weighted by Gasteiger charge is -2.37. The largest absolute Gasteiger partial charge is 0.444 e. The lowest BCUT2D eigenvalue weighted by Crippen LogP contribution is -2.38. The van der Waals surface area contributed by atoms with Crippen LogP contribution in [0.3, 0.4) is 0 Å². The van der Waals surface area contributed by atoms with Crippen LogP contribution < -0.4 is 10.6 Å². The zero-order chi connectivity index (χ0) is 26.1. The molecule has 0 aliphatic heterocycles. The van der Waals surface area contributed by atoms with E-state index in [0.29, 0.717) is 6.54 Å². The third-order valence-electron chi connectivity index (χ3n) is 6.19. The van der Waals surface area contributed by atoms with Gasteiger partial charge in [-0.3, -0.25) is 5.10 Å². The fourth-order valence-electron chi connectivity index (χ4n) is 4.52. The van der Waals surface area contributed by atoms with Crippen LogP contribution >= 0.6 is 0 Å². The first kappa shape index (κ1) is 26.0. The Balaban J connectivity index is 1.56. The average Bonchev–Trinajstić information content (AvgIpc) is 3.34. The van der Waals surface area contributed by atoms with Gasteiger partial charge in [-0.05, 0) is 56.7 Å². The topological polar surface area (TPSA) is 79.0 Å². The molecule has 1 heterocycles. The number of hydrogen-bond acceptors (Lipinski definition) is 4. The van der Waals surface area contributed by atoms with Crippen LogP contribution in [0.5, 0.6) is 0 Å². The number of H-pyrrole nitrogens is 1. The van der Waals surface area contributed by atoms with Gasteiger partial charge in [-0.25, -0.2) is 4.79 Å². The van der Waals surface area contributed by atoms with Gasteiger partial charge in [0.2, 0.25) is 0 Å². The Morgan fingerprint density at radius 3 is 1.81 bits per heavy atom. The molecule has 6 nitrogen and oxygen atoms in total. The maximum Gasteiger partial charge on any atom is 0.407 e. The van der Waals surface area contributed by atoms with Gasteiger partial charge >= 0.3 is 6.09 Å². The van der Waals surface area contributed by atoms with Crippen molar-refractivity contribution in [3.05, 3.63) is 119 Å². The van der Waals surface area contributed by atoms with Gasteiger partial charge in [-0.1, -0.05) is 91.0 Å². The predicted molar refractivity (Wildman–Crippen MR) is 149 cm³/mol. The summed E-state index contributed by atoms with van der Waals surface area (Å²) in [7, 11) is 0. The number of nitrogens with zero attached hydrogens (tertiary/aromatic N) is 1. The number of carbonyl (C=O) groups excluding carboxylic acids is 1. The molecule has 192 valence electrons. The fourth-order valence-corrected chi connectivity index (χ4v) is 4.52. The quantitative estimate of drug-likeness (QED) is 0.169. The van der Waals surface area contributed by atoms with Crippen LogP contribution in [0.25, 0.3) is 0 Å². The van der Waals surface area contributed by atoms with E-state index < -0.39 is 11.1 Å². The summed E-state index contributed by atoms with van der Waals surface area (Å²) in [4.78, 5) is 11.9. The lowest BCUT2D eigenvalue weighted by atomic mass is 9.77. The minimum absolute atomic E-state index is 0.378. The lowest BCUT2D eigenvalue weighted by molar-refractivity contribution is 0.0527. The number of aromatic nitrogens is 2. The highest BCUT2D eigenvalue weighted by Gasteiger charge is 2.37. The summed E-state index contributed by atoms with van der Waals surface area (Å²) in [5.41, 5.74) is 3.39. The first-order valence-corrected chi connectivity index (χ1v) is 12.8. The Labute approximate surface area is 219 Å². The number of alkyl carbamates (subject to hydrolysis) is 1. The van der Waals surface area contributed by atoms with Crippen molar-refractivity contribution in [1.82, 2.24) is 15.5 Å². The van der Waals surface area contributed by atoms with E-state index in [9.17, 15) is 4.79 Å². The van der Waals surface area contributed by atoms with Gasteiger partial charge in [-0.15, -0.1) is 0 Å². The molecule has 0 radical (unpaired) electrons. The molecule has 6 heteroatoms. The van der Waals surface area contributed by atoms with Crippen LogP contribution in [-0.2, 0) is 16.7 Å². The van der Waals surface area contributed by atoms with Crippen LogP contribution in [-0.4, -0.2) is 28.4 Å². The summed E-state index contributed by atoms with van der Waals surface area (Å²) in [6, 6.07) is 31.5. The van der Waals surface area contributed by atoms with Crippen LogP contribution in [0, 0.1) is 0 Å². The number of hydrogen-bond donors (Lipinski definition) is 3. The summed E-state index contributed by atoms with van der Waals surface area (Å²) in [5, 5.41) is 14.3. The molecule has 0 spiro atoms. The smallest absolute Gasteiger partial charge is 0.407 e. The summed E-state index contributed by atoms with van der Waals surface area (Å²) >= 11 is 0. The molecule has 0 atom stereocenters. The van der Waals surface area contributed by atoms with Crippen molar-refractivity contribution >= 4 is 11.9 Å². The van der Waals surface area contributed by atoms with E-state index in [0.717, 1.165) is 47.3 Å². The number of nitrogens with one attached hydrogen (secondary N) is 3. The molecule has 3 N–H and O–H groups in total. The van der Waals surface area contributed by atoms with Crippen molar-refractivity contribution < 1.29 is 9.53 Å². The second kappa shape index (κ2) is 11.8. The minimum Gasteiger partial charge on any atom is -0.444 e. The van der Waals surface area contributed by atoms with Gasteiger partial charge < -0.3 is 15.4 Å². The Kier molecular flexibility index (Phi) is 8.29. The summed E-state index contributed by atoms with van der Waals surface area (Å²) < 4.78 is 5.32. The number of carbonyl (C=O) groups is 1. The van der Waals surface area contributed by atoms with Gasteiger partial charge in [0.15, 0.2) is 0 Å². The zero-order valence-electron chi connectivity index (χ0n) is 21.8. The molecule has 1 amide bonds. The fraction of sp³-hybridized carbons (Fsp3) is 0.290. The van der Waals surface area contributed by atoms with E-state index in [4.69, 9.17) is 4.74 Å². The number of amides is 1. The van der Waals surface area contributed by atoms with Crippen molar-refractivity contribution in [2.75, 3.05) is 11.9 Å². The van der Waals surface area contributed by atoms with E-state index >= 15 is 0 Å². The standard InChI is InChI=1S/C31H36N4O2/c1-30(2,3)37-29(36)32-22-14-13-15-24-23-33-35-28(24)34-31(25-16-7-4-8-17-25,26-18-9-5-10-19-26)27-20-11-6-12-21-27/h4-12,16-21,23H,13-15,22H2,1-3H3,(H,32,36)(H2,33,34,35). The van der Waals surface area contributed by atoms with E-state index in [2.05, 4.69) is 93.6 Å². The number of aryl methyl sites for hydroxylation is 1. The molecule has 0 fully saturated rings. The minimum atomic E-state index is -0.622. The maximum absolute atomic E-state index is 11.9. The zero-order valence-corrected chi connectivity index (χ0v) is 21.8. The van der Waals surface area contributed by atoms with Gasteiger partial charge in [0.05, 0.1) is 6.20 Å². The normalized spacial score (nSPS) is 11.6. The summed E-state index contributed by atoms with van der Waals surface area (Å²) in [6.07, 6.45) is 4.07. The number of ether oxygens (including phenoxy) is 1. The number of benzene rings is 3. The van der Waals surface area contributed by atoms with E-state index in [1.165, 1.54) is 0 Å². The van der Waals surface area contributed by atoms with Crippen LogP contribution in [0.15, 0.2) is 97.2 Å². The van der Waals surface area contributed by atoms with Crippen molar-refractivity contribution in [1.29, 1.82) is 0 Å². The Hall–Kier alpha value is -4.06. The molecule has 4 rings (SSSR count).